The lowest BCUT2D eigenvalue weighted by Gasteiger charge is -2.20. The van der Waals surface area contributed by atoms with E-state index < -0.39 is 6.09 Å². The number of likely N-dealkylation sites (tertiary alicyclic amines) is 1. The molecule has 98 valence electrons. The highest BCUT2D eigenvalue weighted by Gasteiger charge is 2.35. The number of hydrogen-bond acceptors (Lipinski definition) is 1. The second kappa shape index (κ2) is 5.74. The first-order chi connectivity index (χ1) is 8.22. The lowest BCUT2D eigenvalue weighted by Crippen LogP contribution is -2.25. The van der Waals surface area contributed by atoms with Crippen LogP contribution in [0.25, 0.3) is 0 Å². The van der Waals surface area contributed by atoms with Crippen molar-refractivity contribution in [2.45, 2.75) is 64.2 Å². The Labute approximate surface area is 104 Å². The molecule has 3 fully saturated rings. The van der Waals surface area contributed by atoms with E-state index in [1.807, 2.05) is 0 Å². The van der Waals surface area contributed by atoms with Crippen molar-refractivity contribution in [1.29, 1.82) is 0 Å². The summed E-state index contributed by atoms with van der Waals surface area (Å²) >= 11 is 0. The Bertz CT molecular complexity index is 229. The summed E-state index contributed by atoms with van der Waals surface area (Å²) in [6.45, 7) is 1.46. The largest absolute Gasteiger partial charge is 0.465 e. The van der Waals surface area contributed by atoms with E-state index in [1.54, 1.807) is 25.7 Å². The lowest BCUT2D eigenvalue weighted by atomic mass is 9.85. The van der Waals surface area contributed by atoms with Crippen LogP contribution in [0.4, 0.5) is 4.79 Å². The Morgan fingerprint density at radius 3 is 1.53 bits per heavy atom. The van der Waals surface area contributed by atoms with E-state index in [4.69, 9.17) is 5.11 Å². The number of hydrogen-bond donors (Lipinski definition) is 1. The molecule has 1 N–H and O–H groups in total. The van der Waals surface area contributed by atoms with Crippen molar-refractivity contribution in [3.05, 3.63) is 0 Å². The summed E-state index contributed by atoms with van der Waals surface area (Å²) in [5.74, 6) is 0. The highest BCUT2D eigenvalue weighted by molar-refractivity contribution is 5.65. The smallest absolute Gasteiger partial charge is 0.407 e. The van der Waals surface area contributed by atoms with Gasteiger partial charge in [0.2, 0.25) is 0 Å². The summed E-state index contributed by atoms with van der Waals surface area (Å²) in [6.07, 6.45) is 13.7. The molecular formula is C14H25NO2. The van der Waals surface area contributed by atoms with Crippen LogP contribution >= 0.6 is 0 Å². The molecule has 0 aromatic heterocycles. The maximum Gasteiger partial charge on any atom is 0.407 e. The molecule has 1 aliphatic heterocycles. The van der Waals surface area contributed by atoms with Crippen molar-refractivity contribution < 1.29 is 9.90 Å². The minimum atomic E-state index is -0.775. The van der Waals surface area contributed by atoms with E-state index in [2.05, 4.69) is 0 Å². The van der Waals surface area contributed by atoms with Crippen molar-refractivity contribution >= 4 is 6.09 Å². The molecule has 1 heterocycles. The van der Waals surface area contributed by atoms with Crippen LogP contribution in [0.1, 0.15) is 64.2 Å². The number of rotatable bonds is 0. The normalized spacial score (nSPS) is 26.0. The molecule has 0 atom stereocenters. The Hall–Kier alpha value is -0.730. The zero-order chi connectivity index (χ0) is 12.1. The average Bonchev–Trinajstić information content (AvgIpc) is 3.05. The summed E-state index contributed by atoms with van der Waals surface area (Å²) in [7, 11) is 0. The Morgan fingerprint density at radius 1 is 0.824 bits per heavy atom. The van der Waals surface area contributed by atoms with Gasteiger partial charge in [0.05, 0.1) is 0 Å². The summed E-state index contributed by atoms with van der Waals surface area (Å²) in [4.78, 5) is 11.6. The van der Waals surface area contributed by atoms with Gasteiger partial charge < -0.3 is 10.0 Å². The van der Waals surface area contributed by atoms with Crippen molar-refractivity contribution in [1.82, 2.24) is 4.90 Å². The van der Waals surface area contributed by atoms with E-state index in [-0.39, 0.29) is 0 Å². The molecule has 1 amide bonds. The van der Waals surface area contributed by atoms with Gasteiger partial charge in [0.1, 0.15) is 0 Å². The van der Waals surface area contributed by atoms with Gasteiger partial charge >= 0.3 is 6.09 Å². The monoisotopic (exact) mass is 239 g/mol. The molecule has 3 rings (SSSR count). The van der Waals surface area contributed by atoms with E-state index in [0.717, 1.165) is 31.3 Å². The Kier molecular flexibility index (Phi) is 4.30. The summed E-state index contributed by atoms with van der Waals surface area (Å²) in [6, 6.07) is 0. The predicted octanol–water partition coefficient (Wildman–Crippen LogP) is 3.88. The second-order valence-electron chi connectivity index (χ2n) is 5.89. The van der Waals surface area contributed by atoms with Gasteiger partial charge in [-0.15, -0.1) is 0 Å². The standard InChI is InChI=1S/C9H16.C5H9NO2/c1-2-6-9(5-1)7-3-4-8-9;7-5(8)6-3-1-2-4-6/h1-8H2;1-4H2,(H,7,8). The Balaban J connectivity index is 0.000000128. The lowest BCUT2D eigenvalue weighted by molar-refractivity contribution is 0.156. The first-order valence-electron chi connectivity index (χ1n) is 7.20. The summed E-state index contributed by atoms with van der Waals surface area (Å²) < 4.78 is 0. The minimum Gasteiger partial charge on any atom is -0.465 e. The number of carbonyl (C=O) groups is 1. The molecule has 2 aliphatic carbocycles. The molecule has 2 saturated carbocycles. The minimum absolute atomic E-state index is 0.731. The van der Waals surface area contributed by atoms with E-state index in [0.29, 0.717) is 0 Å². The highest BCUT2D eigenvalue weighted by atomic mass is 16.4. The van der Waals surface area contributed by atoms with Crippen LogP contribution in [0.2, 0.25) is 0 Å². The van der Waals surface area contributed by atoms with Crippen molar-refractivity contribution in [3.8, 4) is 0 Å². The third-order valence-electron chi connectivity index (χ3n) is 4.71. The molecule has 0 unspecified atom stereocenters. The van der Waals surface area contributed by atoms with Gasteiger partial charge in [-0.05, 0) is 43.9 Å². The number of nitrogens with zero attached hydrogens (tertiary/aromatic N) is 1. The van der Waals surface area contributed by atoms with E-state index in [1.165, 1.54) is 30.6 Å². The maximum atomic E-state index is 10.1. The van der Waals surface area contributed by atoms with Crippen molar-refractivity contribution in [3.63, 3.8) is 0 Å². The van der Waals surface area contributed by atoms with Gasteiger partial charge in [-0.2, -0.15) is 0 Å². The van der Waals surface area contributed by atoms with Crippen molar-refractivity contribution in [2.24, 2.45) is 5.41 Å². The molecule has 1 saturated heterocycles. The van der Waals surface area contributed by atoms with Crippen LogP contribution < -0.4 is 0 Å². The number of carboxylic acid groups (broad SMARTS) is 1. The molecule has 3 aliphatic rings. The SMILES string of the molecule is C1CCC2(C1)CCCC2.O=C(O)N1CCCC1. The fraction of sp³-hybridized carbons (Fsp3) is 0.929. The van der Waals surface area contributed by atoms with Gasteiger partial charge in [-0.3, -0.25) is 0 Å². The molecule has 0 aromatic carbocycles. The molecule has 3 nitrogen and oxygen atoms in total. The van der Waals surface area contributed by atoms with Crippen LogP contribution in [-0.2, 0) is 0 Å². The van der Waals surface area contributed by atoms with Gasteiger partial charge in [0.25, 0.3) is 0 Å². The van der Waals surface area contributed by atoms with Crippen molar-refractivity contribution in [2.75, 3.05) is 13.1 Å². The van der Waals surface area contributed by atoms with Gasteiger partial charge in [-0.25, -0.2) is 4.79 Å². The first-order valence-corrected chi connectivity index (χ1v) is 7.20. The fourth-order valence-corrected chi connectivity index (χ4v) is 3.66. The Morgan fingerprint density at radius 2 is 1.24 bits per heavy atom. The zero-order valence-electron chi connectivity index (χ0n) is 10.8. The summed E-state index contributed by atoms with van der Waals surface area (Å²) in [5, 5.41) is 8.34. The predicted molar refractivity (Wildman–Crippen MR) is 68.2 cm³/mol. The maximum absolute atomic E-state index is 10.1. The van der Waals surface area contributed by atoms with Crippen LogP contribution in [0.5, 0.6) is 0 Å². The topological polar surface area (TPSA) is 40.5 Å². The van der Waals surface area contributed by atoms with Crippen LogP contribution in [0, 0.1) is 5.41 Å². The molecule has 17 heavy (non-hydrogen) atoms. The van der Waals surface area contributed by atoms with Gasteiger partial charge in [-0.1, -0.05) is 25.7 Å². The number of amides is 1. The molecule has 0 radical (unpaired) electrons. The molecule has 3 heteroatoms. The van der Waals surface area contributed by atoms with Gasteiger partial charge in [0, 0.05) is 13.1 Å². The third-order valence-corrected chi connectivity index (χ3v) is 4.71. The van der Waals surface area contributed by atoms with Crippen LogP contribution in [0.15, 0.2) is 0 Å². The zero-order valence-corrected chi connectivity index (χ0v) is 10.8. The fourth-order valence-electron chi connectivity index (χ4n) is 3.66. The molecule has 1 spiro atoms. The van der Waals surface area contributed by atoms with E-state index in [9.17, 15) is 4.79 Å². The summed E-state index contributed by atoms with van der Waals surface area (Å²) in [5.41, 5.74) is 0.889. The first kappa shape index (κ1) is 12.7. The van der Waals surface area contributed by atoms with E-state index >= 15 is 0 Å². The third kappa shape index (κ3) is 3.36. The van der Waals surface area contributed by atoms with Crippen LogP contribution in [-0.4, -0.2) is 29.2 Å². The quantitative estimate of drug-likeness (QED) is 0.697. The molecule has 0 aromatic rings. The van der Waals surface area contributed by atoms with Crippen LogP contribution in [0.3, 0.4) is 0 Å². The van der Waals surface area contributed by atoms with Gasteiger partial charge in [0.15, 0.2) is 0 Å². The molecule has 0 bridgehead atoms. The average molecular weight is 239 g/mol. The highest BCUT2D eigenvalue weighted by Crippen LogP contribution is 2.50. The second-order valence-corrected chi connectivity index (χ2v) is 5.89. The molecular weight excluding hydrogens is 214 g/mol.